The number of nitrogens with one attached hydrogen (secondary N) is 3. The fourth-order valence-electron chi connectivity index (χ4n) is 7.10. The van der Waals surface area contributed by atoms with Gasteiger partial charge in [-0.3, -0.25) is 28.2 Å². The quantitative estimate of drug-likeness (QED) is 0.0131. The summed E-state index contributed by atoms with van der Waals surface area (Å²) in [5.41, 5.74) is -0.154. The molecule has 2 unspecified atom stereocenters. The van der Waals surface area contributed by atoms with Crippen molar-refractivity contribution in [2.45, 2.75) is 91.0 Å². The van der Waals surface area contributed by atoms with Crippen LogP contribution in [0.5, 0.6) is 5.75 Å². The minimum atomic E-state index is -4.55. The maximum absolute atomic E-state index is 13.0. The molecular weight excluding hydrogens is 1020 g/mol. The predicted octanol–water partition coefficient (Wildman–Crippen LogP) is 6.22. The van der Waals surface area contributed by atoms with Crippen molar-refractivity contribution in [1.29, 1.82) is 0 Å². The number of aromatic hydroxyl groups is 1. The Bertz CT molecular complexity index is 2590. The number of rotatable bonds is 34. The van der Waals surface area contributed by atoms with E-state index in [0.29, 0.717) is 42.3 Å². The number of aromatic carboxylic acids is 1. The van der Waals surface area contributed by atoms with E-state index < -0.39 is 55.7 Å². The summed E-state index contributed by atoms with van der Waals surface area (Å²) in [5.74, 6) is -2.50. The molecule has 0 fully saturated rings. The number of carbonyl (C=O) groups is 5. The van der Waals surface area contributed by atoms with Gasteiger partial charge >= 0.3 is 25.9 Å². The average Bonchev–Trinajstić information content (AvgIpc) is 3.34. The molecule has 2 aromatic rings. The molecule has 4 rings (SSSR count). The molecule has 3 amide bonds. The lowest BCUT2D eigenvalue weighted by Crippen LogP contribution is -2.34. The van der Waals surface area contributed by atoms with Crippen LogP contribution >= 0.6 is 7.82 Å². The van der Waals surface area contributed by atoms with E-state index in [0.717, 1.165) is 0 Å². The molecule has 2 atom stereocenters. The number of hydrogen-bond donors (Lipinski definition) is 6. The molecule has 2 aromatic carbocycles. The topological polar surface area (TPSA) is 312 Å². The van der Waals surface area contributed by atoms with E-state index in [1.54, 1.807) is 53.7 Å². The zero-order valence-electron chi connectivity index (χ0n) is 43.9. The number of carboxylic acid groups (broad SMARTS) is 1. The average molecular weight is 1090 g/mol. The Labute approximate surface area is 441 Å². The maximum Gasteiger partial charge on any atom is 0.472 e. The molecule has 0 radical (unpaired) electrons. The highest BCUT2D eigenvalue weighted by Gasteiger charge is 2.28. The highest BCUT2D eigenvalue weighted by molar-refractivity contribution is 7.47. The Morgan fingerprint density at radius 3 is 2.00 bits per heavy atom. The number of unbranched alkanes of at least 4 members (excludes halogenated alkanes) is 2. The number of hydrogen-bond acceptors (Lipinski definition) is 18. The number of phenolic OH excluding ortho intramolecular Hbond substituents is 1. The number of carbonyl (C=O) groups excluding carboxylic acids is 4. The first kappa shape index (κ1) is 62.5. The van der Waals surface area contributed by atoms with Crippen LogP contribution in [0.4, 0.5) is 4.79 Å². The van der Waals surface area contributed by atoms with E-state index in [-0.39, 0.29) is 137 Å². The van der Waals surface area contributed by atoms with Gasteiger partial charge in [-0.15, -0.1) is 0 Å². The fourth-order valence-corrected chi connectivity index (χ4v) is 7.85. The van der Waals surface area contributed by atoms with Crippen LogP contribution in [0.15, 0.2) is 63.8 Å². The number of carboxylic acids is 1. The molecule has 0 saturated heterocycles. The number of amides is 3. The van der Waals surface area contributed by atoms with Crippen LogP contribution in [0.25, 0.3) is 33.4 Å². The smallest absolute Gasteiger partial charge is 0.472 e. The minimum absolute atomic E-state index is 0.0244. The lowest BCUT2D eigenvalue weighted by molar-refractivity contribution is -0.155. The second kappa shape index (κ2) is 31.3. The van der Waals surface area contributed by atoms with E-state index in [1.807, 2.05) is 0 Å². The number of esters is 1. The third-order valence-electron chi connectivity index (χ3n) is 10.4. The Morgan fingerprint density at radius 1 is 0.671 bits per heavy atom. The van der Waals surface area contributed by atoms with Crippen molar-refractivity contribution in [3.63, 3.8) is 0 Å². The van der Waals surface area contributed by atoms with Gasteiger partial charge in [-0.05, 0) is 96.3 Å². The normalized spacial score (nSPS) is 13.0. The molecule has 2 aliphatic rings. The summed E-state index contributed by atoms with van der Waals surface area (Å²) in [4.78, 5) is 84.0. The summed E-state index contributed by atoms with van der Waals surface area (Å²) in [7, 11) is -4.55. The van der Waals surface area contributed by atoms with Gasteiger partial charge in [0.2, 0.25) is 5.91 Å². The number of alkyl carbamates (subject to hydrolysis) is 1. The summed E-state index contributed by atoms with van der Waals surface area (Å²) in [6.07, 6.45) is 0.620. The van der Waals surface area contributed by atoms with Gasteiger partial charge in [0.1, 0.15) is 35.4 Å². The first-order chi connectivity index (χ1) is 36.0. The van der Waals surface area contributed by atoms with E-state index in [4.69, 9.17) is 46.6 Å². The standard InChI is InChI=1S/C52H72N3O20P/c1-51(2,3)74-38(33-70-46(59)10-8-7-9-18-55-50(63)75-52(4,5)6)34-72-76(64,65)71-23-20-53-45(58)17-21-66-24-26-68-28-29-69-27-25-67-22-19-54-48(60)35-11-14-39(42(30-35)49(61)62)47-40-15-12-36(56)31-43(40)73-44-32-37(57)13-16-41(44)47/h11-16,30-32,38,56H,7-10,17-29,33-34H2,1-6H3,(H,53,58)(H,54,60)(H,55,63)(H,61,62)(H,64,65). The summed E-state index contributed by atoms with van der Waals surface area (Å²) in [5, 5.41) is 28.7. The monoisotopic (exact) mass is 1090 g/mol. The predicted molar refractivity (Wildman–Crippen MR) is 276 cm³/mol. The van der Waals surface area contributed by atoms with Crippen LogP contribution in [0.3, 0.4) is 0 Å². The van der Waals surface area contributed by atoms with Crippen molar-refractivity contribution < 1.29 is 90.3 Å². The Balaban J connectivity index is 0.991. The highest BCUT2D eigenvalue weighted by Crippen LogP contribution is 2.44. The lowest BCUT2D eigenvalue weighted by atomic mass is 9.90. The third kappa shape index (κ3) is 23.9. The highest BCUT2D eigenvalue weighted by atomic mass is 31.2. The molecule has 23 nitrogen and oxygen atoms in total. The largest absolute Gasteiger partial charge is 0.508 e. The van der Waals surface area contributed by atoms with Crippen molar-refractivity contribution in [2.75, 3.05) is 92.3 Å². The molecule has 0 bridgehead atoms. The van der Waals surface area contributed by atoms with Crippen molar-refractivity contribution in [3.05, 3.63) is 75.9 Å². The number of benzene rings is 3. The van der Waals surface area contributed by atoms with Crippen LogP contribution in [0, 0.1) is 0 Å². The van der Waals surface area contributed by atoms with E-state index in [1.165, 1.54) is 42.5 Å². The van der Waals surface area contributed by atoms with Crippen LogP contribution in [0.1, 0.15) is 94.4 Å². The van der Waals surface area contributed by atoms with E-state index >= 15 is 0 Å². The van der Waals surface area contributed by atoms with Gasteiger partial charge in [-0.25, -0.2) is 14.2 Å². The molecular formula is C52H72N3O20P. The van der Waals surface area contributed by atoms with Crippen LogP contribution in [0.2, 0.25) is 0 Å². The second-order valence-corrected chi connectivity index (χ2v) is 20.5. The summed E-state index contributed by atoms with van der Waals surface area (Å²) >= 11 is 0. The summed E-state index contributed by atoms with van der Waals surface area (Å²) in [6, 6.07) is 12.9. The number of ether oxygens (including phenoxy) is 7. The molecule has 76 heavy (non-hydrogen) atoms. The Morgan fingerprint density at radius 2 is 1.33 bits per heavy atom. The Hall–Kier alpha value is -6.01. The van der Waals surface area contributed by atoms with Crippen LogP contribution in [-0.2, 0) is 56.4 Å². The van der Waals surface area contributed by atoms with Gasteiger partial charge in [0.25, 0.3) is 5.91 Å². The molecule has 24 heteroatoms. The molecule has 1 aliphatic heterocycles. The number of phenols is 1. The lowest BCUT2D eigenvalue weighted by Gasteiger charge is -2.27. The van der Waals surface area contributed by atoms with Crippen molar-refractivity contribution in [2.24, 2.45) is 0 Å². The van der Waals surface area contributed by atoms with Crippen molar-refractivity contribution in [3.8, 4) is 28.2 Å². The van der Waals surface area contributed by atoms with Crippen molar-refractivity contribution >= 4 is 48.6 Å². The Kier molecular flexibility index (Phi) is 25.7. The van der Waals surface area contributed by atoms with Crippen molar-refractivity contribution in [1.82, 2.24) is 16.0 Å². The SMILES string of the molecule is CC(C)(C)OC(=O)NCCCCCC(=O)OCC(COP(=O)(O)OCCNC(=O)CCOCCOCCOCCOCCNC(=O)c1ccc(-c2c3ccc(=O)cc-3oc3cc(O)ccc23)c(C(=O)O)c1)OC(C)(C)C. The summed E-state index contributed by atoms with van der Waals surface area (Å²) in [6.45, 7) is 12.0. The fraction of sp³-hybridized carbons (Fsp3) is 0.538. The van der Waals surface area contributed by atoms with Gasteiger partial charge in [0, 0.05) is 66.7 Å². The van der Waals surface area contributed by atoms with Crippen LogP contribution < -0.4 is 21.4 Å². The van der Waals surface area contributed by atoms with Gasteiger partial charge in [0.05, 0.1) is 77.2 Å². The molecule has 0 aromatic heterocycles. The minimum Gasteiger partial charge on any atom is -0.508 e. The zero-order valence-corrected chi connectivity index (χ0v) is 44.8. The second-order valence-electron chi connectivity index (χ2n) is 19.1. The van der Waals surface area contributed by atoms with Gasteiger partial charge in [-0.2, -0.15) is 0 Å². The molecule has 6 N–H and O–H groups in total. The zero-order chi connectivity index (χ0) is 55.7. The van der Waals surface area contributed by atoms with E-state index in [9.17, 15) is 48.4 Å². The molecule has 0 spiro atoms. The third-order valence-corrected chi connectivity index (χ3v) is 11.3. The molecule has 0 saturated carbocycles. The maximum atomic E-state index is 13.0. The van der Waals surface area contributed by atoms with E-state index in [2.05, 4.69) is 16.0 Å². The number of phosphoric ester groups is 1. The summed E-state index contributed by atoms with van der Waals surface area (Å²) < 4.78 is 66.7. The van der Waals surface area contributed by atoms with Gasteiger partial charge in [0.15, 0.2) is 5.43 Å². The first-order valence-electron chi connectivity index (χ1n) is 24.9. The molecule has 1 heterocycles. The molecule has 1 aliphatic carbocycles. The van der Waals surface area contributed by atoms with Gasteiger partial charge in [-0.1, -0.05) is 12.5 Å². The van der Waals surface area contributed by atoms with Crippen LogP contribution in [-0.4, -0.2) is 155 Å². The number of fused-ring (bicyclic) bond motifs is 2. The molecule has 420 valence electrons. The number of phosphoric acid groups is 1. The van der Waals surface area contributed by atoms with Gasteiger partial charge < -0.3 is 68.6 Å². The first-order valence-corrected chi connectivity index (χ1v) is 26.3.